The largest absolute Gasteiger partial charge is 0.484 e. The van der Waals surface area contributed by atoms with E-state index in [0.29, 0.717) is 16.8 Å². The first-order valence-electron chi connectivity index (χ1n) is 9.14. The Morgan fingerprint density at radius 3 is 2.65 bits per heavy atom. The maximum absolute atomic E-state index is 12.5. The van der Waals surface area contributed by atoms with Crippen molar-refractivity contribution in [2.75, 3.05) is 13.7 Å². The Labute approximate surface area is 160 Å². The third-order valence-corrected chi connectivity index (χ3v) is 5.18. The van der Waals surface area contributed by atoms with Gasteiger partial charge in [-0.2, -0.15) is 0 Å². The van der Waals surface area contributed by atoms with Crippen LogP contribution in [-0.2, 0) is 4.79 Å². The van der Waals surface area contributed by atoms with E-state index in [1.165, 1.54) is 19.3 Å². The van der Waals surface area contributed by atoms with E-state index in [9.17, 15) is 4.79 Å². The van der Waals surface area contributed by atoms with Crippen molar-refractivity contribution in [2.45, 2.75) is 45.1 Å². The Balaban J connectivity index is 1.67. The number of benzene rings is 1. The molecular formula is C21H25ClN2O2. The molecule has 1 aliphatic carbocycles. The van der Waals surface area contributed by atoms with E-state index in [1.54, 1.807) is 12.3 Å². The lowest BCUT2D eigenvalue weighted by atomic mass is 9.94. The Hall–Kier alpha value is -2.07. The van der Waals surface area contributed by atoms with Crippen molar-refractivity contribution in [3.63, 3.8) is 0 Å². The zero-order valence-electron chi connectivity index (χ0n) is 15.4. The van der Waals surface area contributed by atoms with Gasteiger partial charge in [0.25, 0.3) is 5.91 Å². The fourth-order valence-corrected chi connectivity index (χ4v) is 3.67. The number of amides is 1. The van der Waals surface area contributed by atoms with Crippen molar-refractivity contribution in [1.82, 2.24) is 9.88 Å². The normalized spacial score (nSPS) is 14.9. The van der Waals surface area contributed by atoms with Crippen LogP contribution < -0.4 is 4.74 Å². The molecule has 1 amide bonds. The summed E-state index contributed by atoms with van der Waals surface area (Å²) in [5.41, 5.74) is 2.98. The van der Waals surface area contributed by atoms with Crippen molar-refractivity contribution in [3.8, 4) is 16.9 Å². The van der Waals surface area contributed by atoms with Gasteiger partial charge in [0.1, 0.15) is 5.75 Å². The van der Waals surface area contributed by atoms with Gasteiger partial charge in [-0.05, 0) is 55.2 Å². The van der Waals surface area contributed by atoms with Gasteiger partial charge in [0, 0.05) is 36.1 Å². The predicted octanol–water partition coefficient (Wildman–Crippen LogP) is 4.88. The number of hydrogen-bond acceptors (Lipinski definition) is 3. The van der Waals surface area contributed by atoms with Gasteiger partial charge in [-0.25, -0.2) is 0 Å². The Bertz CT molecular complexity index is 772. The Morgan fingerprint density at radius 1 is 1.15 bits per heavy atom. The van der Waals surface area contributed by atoms with Gasteiger partial charge in [0.05, 0.1) is 0 Å². The topological polar surface area (TPSA) is 42.4 Å². The van der Waals surface area contributed by atoms with Crippen molar-refractivity contribution < 1.29 is 9.53 Å². The van der Waals surface area contributed by atoms with E-state index >= 15 is 0 Å². The number of likely N-dealkylation sites (N-methyl/N-ethyl adjacent to an activating group) is 1. The molecule has 138 valence electrons. The molecule has 1 heterocycles. The monoisotopic (exact) mass is 372 g/mol. The molecule has 0 bridgehead atoms. The summed E-state index contributed by atoms with van der Waals surface area (Å²) in [5, 5.41) is 0.576. The minimum absolute atomic E-state index is 0.00986. The van der Waals surface area contributed by atoms with E-state index in [4.69, 9.17) is 16.3 Å². The lowest BCUT2D eigenvalue weighted by Gasteiger charge is -2.31. The molecule has 4 nitrogen and oxygen atoms in total. The van der Waals surface area contributed by atoms with E-state index in [1.807, 2.05) is 43.3 Å². The molecule has 5 heteroatoms. The number of carbonyl (C=O) groups is 1. The fourth-order valence-electron chi connectivity index (χ4n) is 3.44. The number of carbonyl (C=O) groups excluding carboxylic acids is 1. The fraction of sp³-hybridized carbons (Fsp3) is 0.429. The van der Waals surface area contributed by atoms with Crippen LogP contribution in [0, 0.1) is 6.92 Å². The Morgan fingerprint density at radius 2 is 1.92 bits per heavy atom. The molecule has 0 spiro atoms. The number of aryl methyl sites for hydroxylation is 1. The highest BCUT2D eigenvalue weighted by Crippen LogP contribution is 2.29. The Kier molecular flexibility index (Phi) is 6.15. The van der Waals surface area contributed by atoms with Crippen LogP contribution in [0.15, 0.2) is 36.7 Å². The van der Waals surface area contributed by atoms with E-state index in [-0.39, 0.29) is 12.5 Å². The van der Waals surface area contributed by atoms with Gasteiger partial charge in [0.15, 0.2) is 6.61 Å². The van der Waals surface area contributed by atoms with Gasteiger partial charge in [-0.1, -0.05) is 30.9 Å². The minimum atomic E-state index is 0.00986. The average molecular weight is 373 g/mol. The number of nitrogens with zero attached hydrogens (tertiary/aromatic N) is 2. The third-order valence-electron chi connectivity index (χ3n) is 4.96. The van der Waals surface area contributed by atoms with Crippen LogP contribution >= 0.6 is 11.6 Å². The smallest absolute Gasteiger partial charge is 0.260 e. The first kappa shape index (κ1) is 18.7. The highest BCUT2D eigenvalue weighted by atomic mass is 35.5. The number of halogens is 1. The molecule has 26 heavy (non-hydrogen) atoms. The molecule has 0 aliphatic heterocycles. The molecular weight excluding hydrogens is 348 g/mol. The second kappa shape index (κ2) is 8.54. The molecule has 0 N–H and O–H groups in total. The lowest BCUT2D eigenvalue weighted by Crippen LogP contribution is -2.40. The maximum atomic E-state index is 12.5. The lowest BCUT2D eigenvalue weighted by molar-refractivity contribution is -0.134. The van der Waals surface area contributed by atoms with Crippen molar-refractivity contribution in [2.24, 2.45) is 0 Å². The van der Waals surface area contributed by atoms with Crippen LogP contribution in [0.2, 0.25) is 5.02 Å². The molecule has 0 saturated heterocycles. The van der Waals surface area contributed by atoms with E-state index in [2.05, 4.69) is 4.98 Å². The molecule has 3 rings (SSSR count). The summed E-state index contributed by atoms with van der Waals surface area (Å²) in [4.78, 5) is 18.5. The summed E-state index contributed by atoms with van der Waals surface area (Å²) in [7, 11) is 1.88. The number of aromatic nitrogens is 1. The minimum Gasteiger partial charge on any atom is -0.484 e. The SMILES string of the molecule is Cc1cncc(-c2cc(Cl)cc(OCC(=O)N(C)C3CCCCC3)c2)c1. The standard InChI is InChI=1S/C21H25ClN2O2/c1-15-8-17(13-23-12-15)16-9-18(22)11-20(10-16)26-14-21(25)24(2)19-6-4-3-5-7-19/h8-13,19H,3-7,14H2,1-2H3. The van der Waals surface area contributed by atoms with Crippen molar-refractivity contribution in [1.29, 1.82) is 0 Å². The van der Waals surface area contributed by atoms with Crippen LogP contribution in [-0.4, -0.2) is 35.5 Å². The number of pyridine rings is 1. The summed E-state index contributed by atoms with van der Waals surface area (Å²) in [6.45, 7) is 2.02. The summed E-state index contributed by atoms with van der Waals surface area (Å²) < 4.78 is 5.76. The number of rotatable bonds is 5. The second-order valence-corrected chi connectivity index (χ2v) is 7.45. The van der Waals surface area contributed by atoms with Crippen molar-refractivity contribution >= 4 is 17.5 Å². The van der Waals surface area contributed by atoms with Gasteiger partial charge in [-0.3, -0.25) is 9.78 Å². The van der Waals surface area contributed by atoms with Crippen LogP contribution in [0.4, 0.5) is 0 Å². The van der Waals surface area contributed by atoms with Gasteiger partial charge in [-0.15, -0.1) is 0 Å². The average Bonchev–Trinajstić information content (AvgIpc) is 2.66. The zero-order valence-corrected chi connectivity index (χ0v) is 16.1. The summed E-state index contributed by atoms with van der Waals surface area (Å²) in [5.74, 6) is 0.607. The van der Waals surface area contributed by atoms with Gasteiger partial charge in [0.2, 0.25) is 0 Å². The van der Waals surface area contributed by atoms with Crippen LogP contribution in [0.5, 0.6) is 5.75 Å². The maximum Gasteiger partial charge on any atom is 0.260 e. The predicted molar refractivity (Wildman–Crippen MR) is 105 cm³/mol. The number of ether oxygens (including phenoxy) is 1. The van der Waals surface area contributed by atoms with E-state index in [0.717, 1.165) is 29.5 Å². The molecule has 1 aliphatic rings. The molecule has 1 aromatic carbocycles. The highest BCUT2D eigenvalue weighted by molar-refractivity contribution is 6.31. The third kappa shape index (κ3) is 4.76. The van der Waals surface area contributed by atoms with Crippen molar-refractivity contribution in [3.05, 3.63) is 47.2 Å². The molecule has 1 saturated carbocycles. The molecule has 1 aromatic heterocycles. The quantitative estimate of drug-likeness (QED) is 0.751. The molecule has 0 unspecified atom stereocenters. The number of hydrogen-bond donors (Lipinski definition) is 0. The van der Waals surface area contributed by atoms with Crippen LogP contribution in [0.25, 0.3) is 11.1 Å². The van der Waals surface area contributed by atoms with E-state index < -0.39 is 0 Å². The molecule has 0 atom stereocenters. The highest BCUT2D eigenvalue weighted by Gasteiger charge is 2.22. The van der Waals surface area contributed by atoms with Crippen LogP contribution in [0.1, 0.15) is 37.7 Å². The summed E-state index contributed by atoms with van der Waals surface area (Å²) in [6.07, 6.45) is 9.45. The molecule has 1 fully saturated rings. The first-order valence-corrected chi connectivity index (χ1v) is 9.52. The summed E-state index contributed by atoms with van der Waals surface area (Å²) >= 11 is 6.24. The second-order valence-electron chi connectivity index (χ2n) is 7.01. The first-order chi connectivity index (χ1) is 12.5. The van der Waals surface area contributed by atoms with Crippen LogP contribution in [0.3, 0.4) is 0 Å². The van der Waals surface area contributed by atoms with Gasteiger partial charge < -0.3 is 9.64 Å². The molecule has 0 radical (unpaired) electrons. The molecule has 2 aromatic rings. The zero-order chi connectivity index (χ0) is 18.5. The summed E-state index contributed by atoms with van der Waals surface area (Å²) in [6, 6.07) is 7.90. The van der Waals surface area contributed by atoms with Gasteiger partial charge >= 0.3 is 0 Å².